The van der Waals surface area contributed by atoms with Gasteiger partial charge < -0.3 is 10.1 Å². The Morgan fingerprint density at radius 1 is 1.18 bits per heavy atom. The minimum absolute atomic E-state index is 0.162. The van der Waals surface area contributed by atoms with Gasteiger partial charge in [-0.05, 0) is 63.2 Å². The van der Waals surface area contributed by atoms with Crippen LogP contribution in [0.3, 0.4) is 0 Å². The second-order valence-corrected chi connectivity index (χ2v) is 8.99. The minimum atomic E-state index is -3.77. The maximum Gasteiger partial charge on any atom is 0.255 e. The van der Waals surface area contributed by atoms with Crippen LogP contribution in [-0.2, 0) is 14.8 Å². The molecule has 1 saturated heterocycles. The topological polar surface area (TPSA) is 92.8 Å². The van der Waals surface area contributed by atoms with E-state index in [2.05, 4.69) is 5.32 Å². The van der Waals surface area contributed by atoms with Gasteiger partial charge >= 0.3 is 0 Å². The van der Waals surface area contributed by atoms with Crippen LogP contribution in [0.15, 0.2) is 48.5 Å². The summed E-state index contributed by atoms with van der Waals surface area (Å²) < 4.78 is 31.0. The van der Waals surface area contributed by atoms with Gasteiger partial charge in [-0.3, -0.25) is 9.59 Å². The Hall–Kier alpha value is -2.87. The Bertz CT molecular complexity index is 1010. The van der Waals surface area contributed by atoms with E-state index in [0.29, 0.717) is 18.0 Å². The van der Waals surface area contributed by atoms with Crippen LogP contribution in [0.1, 0.15) is 31.1 Å². The summed E-state index contributed by atoms with van der Waals surface area (Å²) >= 11 is 0. The standard InChI is InChI=1S/C20H22N2O5S/c1-4-27-17-10-8-15(9-11-17)21-18(23)14-6-5-7-16(12-14)22-19(24)20(2,3)13-28(22,25)26/h5-12H,4,13H2,1-3H3,(H,21,23). The lowest BCUT2D eigenvalue weighted by molar-refractivity contribution is -0.123. The van der Waals surface area contributed by atoms with Gasteiger partial charge in [-0.2, -0.15) is 0 Å². The Morgan fingerprint density at radius 2 is 1.86 bits per heavy atom. The molecule has 2 amide bonds. The fraction of sp³-hybridized carbons (Fsp3) is 0.300. The van der Waals surface area contributed by atoms with Gasteiger partial charge in [0.05, 0.1) is 23.5 Å². The van der Waals surface area contributed by atoms with Crippen molar-refractivity contribution in [2.75, 3.05) is 22.0 Å². The summed E-state index contributed by atoms with van der Waals surface area (Å²) in [6.45, 7) is 5.62. The van der Waals surface area contributed by atoms with Crippen molar-refractivity contribution in [2.45, 2.75) is 20.8 Å². The van der Waals surface area contributed by atoms with Crippen molar-refractivity contribution in [2.24, 2.45) is 5.41 Å². The number of ether oxygens (including phenoxy) is 1. The van der Waals surface area contributed by atoms with Crippen molar-refractivity contribution < 1.29 is 22.7 Å². The molecule has 28 heavy (non-hydrogen) atoms. The van der Waals surface area contributed by atoms with Crippen molar-refractivity contribution in [3.8, 4) is 5.75 Å². The quantitative estimate of drug-likeness (QED) is 0.830. The number of carbonyl (C=O) groups is 2. The molecular weight excluding hydrogens is 380 g/mol. The molecule has 1 N–H and O–H groups in total. The second-order valence-electron chi connectivity index (χ2n) is 7.17. The third kappa shape index (κ3) is 3.87. The molecule has 0 aliphatic carbocycles. The van der Waals surface area contributed by atoms with Crippen molar-refractivity contribution >= 4 is 33.2 Å². The van der Waals surface area contributed by atoms with Crippen molar-refractivity contribution in [1.82, 2.24) is 0 Å². The summed E-state index contributed by atoms with van der Waals surface area (Å²) in [7, 11) is -3.77. The number of amides is 2. The molecule has 0 unspecified atom stereocenters. The Morgan fingerprint density at radius 3 is 2.43 bits per heavy atom. The smallest absolute Gasteiger partial charge is 0.255 e. The lowest BCUT2D eigenvalue weighted by Gasteiger charge is -2.18. The average Bonchev–Trinajstić information content (AvgIpc) is 2.79. The number of benzene rings is 2. The fourth-order valence-electron chi connectivity index (χ4n) is 3.04. The molecule has 8 heteroatoms. The van der Waals surface area contributed by atoms with E-state index >= 15 is 0 Å². The molecule has 0 atom stereocenters. The largest absolute Gasteiger partial charge is 0.494 e. The maximum atomic E-state index is 12.6. The van der Waals surface area contributed by atoms with Crippen molar-refractivity contribution in [3.63, 3.8) is 0 Å². The zero-order valence-electron chi connectivity index (χ0n) is 15.9. The Kier molecular flexibility index (Phi) is 5.16. The van der Waals surface area contributed by atoms with Crippen molar-refractivity contribution in [3.05, 3.63) is 54.1 Å². The normalized spacial score (nSPS) is 17.4. The predicted octanol–water partition coefficient (Wildman–Crippen LogP) is 3.04. The molecule has 1 aliphatic rings. The van der Waals surface area contributed by atoms with E-state index in [0.717, 1.165) is 4.31 Å². The van der Waals surface area contributed by atoms with Gasteiger partial charge in [0, 0.05) is 11.3 Å². The van der Waals surface area contributed by atoms with Crippen molar-refractivity contribution in [1.29, 1.82) is 0 Å². The van der Waals surface area contributed by atoms with Crippen LogP contribution in [0.2, 0.25) is 0 Å². The summed E-state index contributed by atoms with van der Waals surface area (Å²) in [5, 5.41) is 2.75. The molecule has 2 aromatic carbocycles. The maximum absolute atomic E-state index is 12.6. The summed E-state index contributed by atoms with van der Waals surface area (Å²) in [5.74, 6) is -0.477. The minimum Gasteiger partial charge on any atom is -0.494 e. The van der Waals surface area contributed by atoms with Gasteiger partial charge in [0.15, 0.2) is 0 Å². The SMILES string of the molecule is CCOc1ccc(NC(=O)c2cccc(N3C(=O)C(C)(C)CS3(=O)=O)c2)cc1. The summed E-state index contributed by atoms with van der Waals surface area (Å²) in [4.78, 5) is 25.1. The highest BCUT2D eigenvalue weighted by atomic mass is 32.2. The van der Waals surface area contributed by atoms with Gasteiger partial charge in [0.2, 0.25) is 15.9 Å². The number of nitrogens with one attached hydrogen (secondary N) is 1. The molecule has 0 saturated carbocycles. The Labute approximate surface area is 164 Å². The van der Waals surface area contributed by atoms with Gasteiger partial charge in [-0.15, -0.1) is 0 Å². The molecule has 148 valence electrons. The molecule has 3 rings (SSSR count). The lowest BCUT2D eigenvalue weighted by Crippen LogP contribution is -2.33. The first kappa shape index (κ1) is 19.9. The van der Waals surface area contributed by atoms with E-state index in [-0.39, 0.29) is 17.0 Å². The summed E-state index contributed by atoms with van der Waals surface area (Å²) in [6, 6.07) is 12.9. The first-order valence-electron chi connectivity index (χ1n) is 8.86. The third-order valence-electron chi connectivity index (χ3n) is 4.35. The molecule has 1 aliphatic heterocycles. The van der Waals surface area contributed by atoms with Crippen LogP contribution in [0.25, 0.3) is 0 Å². The van der Waals surface area contributed by atoms with E-state index in [1.165, 1.54) is 12.1 Å². The number of sulfonamides is 1. The van der Waals surface area contributed by atoms with Gasteiger partial charge in [0.1, 0.15) is 5.75 Å². The number of nitrogens with zero attached hydrogens (tertiary/aromatic N) is 1. The monoisotopic (exact) mass is 402 g/mol. The second kappa shape index (κ2) is 7.27. The van der Waals surface area contributed by atoms with Crippen LogP contribution in [-0.4, -0.2) is 32.6 Å². The van der Waals surface area contributed by atoms with Crippen LogP contribution >= 0.6 is 0 Å². The highest BCUT2D eigenvalue weighted by Gasteiger charge is 2.49. The highest BCUT2D eigenvalue weighted by Crippen LogP contribution is 2.36. The first-order chi connectivity index (χ1) is 13.1. The third-order valence-corrected chi connectivity index (χ3v) is 6.37. The number of hydrogen-bond acceptors (Lipinski definition) is 5. The molecule has 1 fully saturated rings. The molecule has 0 bridgehead atoms. The van der Waals surface area contributed by atoms with Gasteiger partial charge in [-0.1, -0.05) is 6.07 Å². The summed E-state index contributed by atoms with van der Waals surface area (Å²) in [5.41, 5.74) is -0.0155. The average molecular weight is 402 g/mol. The predicted molar refractivity (Wildman–Crippen MR) is 107 cm³/mol. The molecule has 0 aromatic heterocycles. The molecule has 0 spiro atoms. The van der Waals surface area contributed by atoms with E-state index in [4.69, 9.17) is 4.74 Å². The van der Waals surface area contributed by atoms with E-state index in [1.54, 1.807) is 50.2 Å². The number of carbonyl (C=O) groups excluding carboxylic acids is 2. The first-order valence-corrected chi connectivity index (χ1v) is 10.5. The van der Waals surface area contributed by atoms with E-state index in [1.807, 2.05) is 6.92 Å². The lowest BCUT2D eigenvalue weighted by atomic mass is 9.95. The Balaban J connectivity index is 1.83. The van der Waals surface area contributed by atoms with E-state index in [9.17, 15) is 18.0 Å². The van der Waals surface area contributed by atoms with Crippen LogP contribution < -0.4 is 14.4 Å². The fourth-order valence-corrected chi connectivity index (χ4v) is 5.14. The zero-order valence-corrected chi connectivity index (χ0v) is 16.7. The number of rotatable bonds is 5. The molecular formula is C20H22N2O5S. The van der Waals surface area contributed by atoms with Gasteiger partial charge in [-0.25, -0.2) is 12.7 Å². The number of anilines is 2. The van der Waals surface area contributed by atoms with Crippen LogP contribution in [0.4, 0.5) is 11.4 Å². The van der Waals surface area contributed by atoms with Crippen LogP contribution in [0, 0.1) is 5.41 Å². The molecule has 0 radical (unpaired) electrons. The zero-order chi connectivity index (χ0) is 20.5. The van der Waals surface area contributed by atoms with Crippen LogP contribution in [0.5, 0.6) is 5.75 Å². The highest BCUT2D eigenvalue weighted by molar-refractivity contribution is 7.94. The molecule has 2 aromatic rings. The van der Waals surface area contributed by atoms with E-state index < -0.39 is 27.3 Å². The molecule has 1 heterocycles. The summed E-state index contributed by atoms with van der Waals surface area (Å²) in [6.07, 6.45) is 0. The molecule has 7 nitrogen and oxygen atoms in total. The number of hydrogen-bond donors (Lipinski definition) is 1. The van der Waals surface area contributed by atoms with Gasteiger partial charge in [0.25, 0.3) is 5.91 Å².